The topological polar surface area (TPSA) is 43.3 Å². The average molecular weight is 334 g/mol. The largest absolute Gasteiger partial charge is 0.383 e. The highest BCUT2D eigenvalue weighted by Gasteiger charge is 2.14. The summed E-state index contributed by atoms with van der Waals surface area (Å²) < 4.78 is 16.2. The minimum absolute atomic E-state index is 0.227. The summed E-state index contributed by atoms with van der Waals surface area (Å²) >= 11 is 3.48. The van der Waals surface area contributed by atoms with Crippen molar-refractivity contribution in [1.29, 1.82) is 0 Å². The van der Waals surface area contributed by atoms with Crippen LogP contribution in [-0.4, -0.2) is 9.38 Å². The molecule has 2 aromatic heterocycles. The van der Waals surface area contributed by atoms with Crippen LogP contribution in [0.4, 0.5) is 10.2 Å². The molecule has 2 heterocycles. The van der Waals surface area contributed by atoms with E-state index >= 15 is 0 Å². The zero-order chi connectivity index (χ0) is 14.4. The number of nitrogen functional groups attached to an aromatic ring is 1. The Balaban J connectivity index is 2.29. The first-order chi connectivity index (χ1) is 9.49. The third-order valence-corrected chi connectivity index (χ3v) is 4.27. The molecule has 0 saturated carbocycles. The van der Waals surface area contributed by atoms with Gasteiger partial charge >= 0.3 is 0 Å². The van der Waals surface area contributed by atoms with E-state index in [-0.39, 0.29) is 5.82 Å². The lowest BCUT2D eigenvalue weighted by Gasteiger charge is -2.05. The van der Waals surface area contributed by atoms with Gasteiger partial charge in [-0.2, -0.15) is 0 Å². The maximum absolute atomic E-state index is 13.4. The number of imidazole rings is 1. The number of anilines is 1. The van der Waals surface area contributed by atoms with E-state index in [1.54, 1.807) is 19.1 Å². The van der Waals surface area contributed by atoms with E-state index in [1.165, 1.54) is 6.07 Å². The number of halogens is 2. The minimum atomic E-state index is -0.227. The Morgan fingerprint density at radius 1 is 1.20 bits per heavy atom. The fraction of sp³-hybridized carbons (Fsp3) is 0.133. The van der Waals surface area contributed by atoms with Crippen molar-refractivity contribution >= 4 is 27.4 Å². The summed E-state index contributed by atoms with van der Waals surface area (Å²) in [5, 5.41) is 0. The summed E-state index contributed by atoms with van der Waals surface area (Å²) in [5.41, 5.74) is 10.1. The zero-order valence-electron chi connectivity index (χ0n) is 11.1. The number of rotatable bonds is 1. The van der Waals surface area contributed by atoms with Crippen molar-refractivity contribution < 1.29 is 4.39 Å². The Hall–Kier alpha value is -1.88. The number of nitrogens with two attached hydrogens (primary N) is 1. The van der Waals surface area contributed by atoms with Gasteiger partial charge < -0.3 is 5.73 Å². The Kier molecular flexibility index (Phi) is 3.01. The maximum Gasteiger partial charge on any atom is 0.139 e. The van der Waals surface area contributed by atoms with E-state index in [0.29, 0.717) is 17.1 Å². The van der Waals surface area contributed by atoms with Crippen LogP contribution in [0, 0.1) is 19.7 Å². The van der Waals surface area contributed by atoms with Gasteiger partial charge in [-0.05, 0) is 65.7 Å². The molecule has 0 atom stereocenters. The second-order valence-electron chi connectivity index (χ2n) is 4.77. The molecule has 3 rings (SSSR count). The van der Waals surface area contributed by atoms with Crippen LogP contribution in [0.3, 0.4) is 0 Å². The number of pyridine rings is 1. The van der Waals surface area contributed by atoms with Crippen molar-refractivity contribution in [2.24, 2.45) is 0 Å². The van der Waals surface area contributed by atoms with Crippen LogP contribution in [0.1, 0.15) is 11.3 Å². The highest BCUT2D eigenvalue weighted by Crippen LogP contribution is 2.30. The van der Waals surface area contributed by atoms with Gasteiger partial charge in [0.15, 0.2) is 0 Å². The van der Waals surface area contributed by atoms with Crippen LogP contribution in [0.5, 0.6) is 0 Å². The van der Waals surface area contributed by atoms with Crippen molar-refractivity contribution in [3.63, 3.8) is 0 Å². The van der Waals surface area contributed by atoms with Gasteiger partial charge in [0.05, 0.1) is 0 Å². The number of benzene rings is 1. The van der Waals surface area contributed by atoms with E-state index in [1.807, 2.05) is 23.5 Å². The molecule has 0 saturated heterocycles. The summed E-state index contributed by atoms with van der Waals surface area (Å²) in [6, 6.07) is 8.74. The molecular formula is C15H13BrFN3. The Bertz CT molecular complexity index is 824. The van der Waals surface area contributed by atoms with Crippen molar-refractivity contribution in [1.82, 2.24) is 9.38 Å². The first-order valence-electron chi connectivity index (χ1n) is 6.18. The average Bonchev–Trinajstić information content (AvgIpc) is 2.75. The first kappa shape index (κ1) is 13.1. The van der Waals surface area contributed by atoms with Gasteiger partial charge in [0.2, 0.25) is 0 Å². The summed E-state index contributed by atoms with van der Waals surface area (Å²) in [6.07, 6.45) is 0. The van der Waals surface area contributed by atoms with Crippen molar-refractivity contribution in [3.05, 3.63) is 51.9 Å². The molecule has 20 heavy (non-hydrogen) atoms. The lowest BCUT2D eigenvalue weighted by molar-refractivity contribution is 0.619. The summed E-state index contributed by atoms with van der Waals surface area (Å²) in [6.45, 7) is 3.70. The summed E-state index contributed by atoms with van der Waals surface area (Å²) in [7, 11) is 0. The fourth-order valence-corrected chi connectivity index (χ4v) is 2.60. The van der Waals surface area contributed by atoms with Crippen LogP contribution in [-0.2, 0) is 0 Å². The van der Waals surface area contributed by atoms with Crippen LogP contribution < -0.4 is 5.73 Å². The van der Waals surface area contributed by atoms with Crippen LogP contribution in [0.25, 0.3) is 16.9 Å². The summed E-state index contributed by atoms with van der Waals surface area (Å²) in [4.78, 5) is 4.55. The monoisotopic (exact) mass is 333 g/mol. The number of aryl methyl sites for hydroxylation is 2. The van der Waals surface area contributed by atoms with Gasteiger partial charge in [-0.25, -0.2) is 9.37 Å². The Morgan fingerprint density at radius 2 is 1.95 bits per heavy atom. The molecule has 0 aliphatic carbocycles. The second kappa shape index (κ2) is 4.59. The van der Waals surface area contributed by atoms with E-state index in [2.05, 4.69) is 20.9 Å². The lowest BCUT2D eigenvalue weighted by atomic mass is 10.1. The molecule has 0 amide bonds. The SMILES string of the molecule is Cc1cc(-c2nc3ccc(Br)c(C)n3c2N)ccc1F. The fourth-order valence-electron chi connectivity index (χ4n) is 2.29. The number of hydrogen-bond acceptors (Lipinski definition) is 2. The molecule has 2 N–H and O–H groups in total. The normalized spacial score (nSPS) is 11.2. The van der Waals surface area contributed by atoms with E-state index < -0.39 is 0 Å². The molecule has 0 spiro atoms. The summed E-state index contributed by atoms with van der Waals surface area (Å²) in [5.74, 6) is 0.333. The van der Waals surface area contributed by atoms with E-state index in [4.69, 9.17) is 5.73 Å². The first-order valence-corrected chi connectivity index (χ1v) is 6.98. The van der Waals surface area contributed by atoms with Gasteiger partial charge in [-0.15, -0.1) is 0 Å². The molecule has 0 fully saturated rings. The second-order valence-corrected chi connectivity index (χ2v) is 5.62. The quantitative estimate of drug-likeness (QED) is 0.728. The molecule has 0 radical (unpaired) electrons. The molecule has 5 heteroatoms. The van der Waals surface area contributed by atoms with Crippen LogP contribution >= 0.6 is 15.9 Å². The molecule has 3 nitrogen and oxygen atoms in total. The van der Waals surface area contributed by atoms with Crippen molar-refractivity contribution in [3.8, 4) is 11.3 Å². The van der Waals surface area contributed by atoms with Crippen LogP contribution in [0.15, 0.2) is 34.8 Å². The maximum atomic E-state index is 13.4. The van der Waals surface area contributed by atoms with E-state index in [9.17, 15) is 4.39 Å². The van der Waals surface area contributed by atoms with Crippen molar-refractivity contribution in [2.75, 3.05) is 5.73 Å². The standard InChI is InChI=1S/C15H13BrFN3/c1-8-7-10(3-5-12(8)17)14-15(18)20-9(2)11(16)4-6-13(20)19-14/h3-7H,18H2,1-2H3. The third kappa shape index (κ3) is 1.89. The van der Waals surface area contributed by atoms with Gasteiger partial charge in [0.1, 0.15) is 23.0 Å². The third-order valence-electron chi connectivity index (χ3n) is 3.43. The van der Waals surface area contributed by atoms with Gasteiger partial charge in [0, 0.05) is 15.7 Å². The number of hydrogen-bond donors (Lipinski definition) is 1. The zero-order valence-corrected chi connectivity index (χ0v) is 12.7. The predicted octanol–water partition coefficient (Wildman–Crippen LogP) is 4.10. The highest BCUT2D eigenvalue weighted by molar-refractivity contribution is 9.10. The molecular weight excluding hydrogens is 321 g/mol. The predicted molar refractivity (Wildman–Crippen MR) is 82.2 cm³/mol. The van der Waals surface area contributed by atoms with E-state index in [0.717, 1.165) is 21.4 Å². The minimum Gasteiger partial charge on any atom is -0.383 e. The van der Waals surface area contributed by atoms with Gasteiger partial charge in [-0.3, -0.25) is 4.40 Å². The molecule has 102 valence electrons. The van der Waals surface area contributed by atoms with Crippen LogP contribution in [0.2, 0.25) is 0 Å². The number of nitrogens with zero attached hydrogens (tertiary/aromatic N) is 2. The molecule has 0 unspecified atom stereocenters. The molecule has 3 aromatic rings. The molecule has 0 aliphatic heterocycles. The molecule has 0 bridgehead atoms. The van der Waals surface area contributed by atoms with Gasteiger partial charge in [0.25, 0.3) is 0 Å². The van der Waals surface area contributed by atoms with Crippen molar-refractivity contribution in [2.45, 2.75) is 13.8 Å². The smallest absolute Gasteiger partial charge is 0.139 e. The van der Waals surface area contributed by atoms with Gasteiger partial charge in [-0.1, -0.05) is 0 Å². The Morgan fingerprint density at radius 3 is 2.65 bits per heavy atom. The number of aromatic nitrogens is 2. The Labute approximate surface area is 124 Å². The highest BCUT2D eigenvalue weighted by atomic mass is 79.9. The number of fused-ring (bicyclic) bond motifs is 1. The molecule has 0 aliphatic rings. The lowest BCUT2D eigenvalue weighted by Crippen LogP contribution is -1.98. The molecule has 1 aromatic carbocycles.